The Morgan fingerprint density at radius 1 is 0.730 bits per heavy atom. The first kappa shape index (κ1) is 86.6. The molecule has 11 atom stereocenters. The Balaban J connectivity index is 1.03. The van der Waals surface area contributed by atoms with Gasteiger partial charge in [0.25, 0.3) is 0 Å². The summed E-state index contributed by atoms with van der Waals surface area (Å²) in [6, 6.07) is 12.1. The molecule has 0 aliphatic carbocycles. The fraction of sp³-hybridized carbons (Fsp3) is 0.474. The van der Waals surface area contributed by atoms with E-state index in [9.17, 15) is 72.9 Å². The number of aryl methyl sites for hydroxylation is 4. The third-order valence-electron chi connectivity index (χ3n) is 19.0. The van der Waals surface area contributed by atoms with E-state index in [-0.39, 0.29) is 50.2 Å². The number of hydrogen-bond acceptors (Lipinski definition) is 20. The third-order valence-corrected chi connectivity index (χ3v) is 19.0. The number of nitrogens with zero attached hydrogens (tertiary/aromatic N) is 5. The fourth-order valence-electron chi connectivity index (χ4n) is 12.7. The number of benzene rings is 4. The maximum atomic E-state index is 15.5. The van der Waals surface area contributed by atoms with Crippen LogP contribution in [0.5, 0.6) is 5.75 Å². The van der Waals surface area contributed by atoms with E-state index < -0.39 is 162 Å². The van der Waals surface area contributed by atoms with Gasteiger partial charge in [0.1, 0.15) is 64.8 Å². The fourth-order valence-corrected chi connectivity index (χ4v) is 12.7. The number of aliphatic hydroxyl groups excluding tert-OH is 2. The summed E-state index contributed by atoms with van der Waals surface area (Å²) >= 11 is 0. The van der Waals surface area contributed by atoms with Crippen LogP contribution in [0, 0.1) is 25.1 Å². The molecule has 0 unspecified atom stereocenters. The Kier molecular flexibility index (Phi) is 31.8. The Morgan fingerprint density at radius 2 is 1.40 bits per heavy atom. The number of halogens is 1. The SMILES string of the molecule is CCc1cc(OCCCCN)ccc1-c1ccc(C[C@H](NC(=O)[C@H](CC(=O)O)NC(=O)[C@H](C)NC(=O)[C@@H](NC(=O)[C@](C)(Cc2ccccc2F)NC(=O)[C@@H](NC(=O)CNC(=O)[C@H](Cc2nn[nH]n2)NC(=O)[C@]2(C)CCN(CCc3cnc[nH]3)C2=O)[C@@H](C)O)[C@@H](C)O)C(=O)N[C@@H](CCCc2cc(C)cc(C)c2)C(N)=O)cc1. The highest BCUT2D eigenvalue weighted by Gasteiger charge is 2.50. The Hall–Kier alpha value is -11.6. The van der Waals surface area contributed by atoms with Crippen molar-refractivity contribution in [2.75, 3.05) is 32.8 Å². The largest absolute Gasteiger partial charge is 0.494 e. The summed E-state index contributed by atoms with van der Waals surface area (Å²) in [5, 5.41) is 67.3. The van der Waals surface area contributed by atoms with Gasteiger partial charge in [-0.05, 0) is 152 Å². The van der Waals surface area contributed by atoms with Crippen LogP contribution in [0.2, 0.25) is 0 Å². The van der Waals surface area contributed by atoms with Gasteiger partial charge in [-0.25, -0.2) is 9.37 Å². The number of nitrogens with two attached hydrogens (primary N) is 2. The molecule has 35 heteroatoms. The van der Waals surface area contributed by atoms with E-state index in [1.54, 1.807) is 18.3 Å². The van der Waals surface area contributed by atoms with Crippen LogP contribution in [0.4, 0.5) is 4.39 Å². The Labute approximate surface area is 640 Å². The monoisotopic (exact) mass is 1540 g/mol. The van der Waals surface area contributed by atoms with E-state index in [0.717, 1.165) is 85.7 Å². The summed E-state index contributed by atoms with van der Waals surface area (Å²) < 4.78 is 21.5. The molecule has 34 nitrogen and oxygen atoms in total. The average Bonchev–Trinajstić information content (AvgIpc) is 1.59. The van der Waals surface area contributed by atoms with Crippen molar-refractivity contribution in [3.8, 4) is 16.9 Å². The molecule has 0 bridgehead atoms. The lowest BCUT2D eigenvalue weighted by Crippen LogP contribution is -2.66. The van der Waals surface area contributed by atoms with Gasteiger partial charge in [-0.15, -0.1) is 10.2 Å². The molecular weight excluding hydrogens is 1440 g/mol. The number of rotatable bonds is 43. The number of H-pyrrole nitrogens is 2. The predicted octanol–water partition coefficient (Wildman–Crippen LogP) is -0.316. The summed E-state index contributed by atoms with van der Waals surface area (Å²) in [6.45, 7) is 12.4. The molecule has 7 rings (SSSR count). The second-order valence-corrected chi connectivity index (χ2v) is 28.3. The van der Waals surface area contributed by atoms with Crippen molar-refractivity contribution in [3.63, 3.8) is 0 Å². The van der Waals surface area contributed by atoms with Gasteiger partial charge in [0.05, 0.1) is 38.1 Å². The highest BCUT2D eigenvalue weighted by atomic mass is 19.1. The number of likely N-dealkylation sites (tertiary alicyclic amines) is 1. The van der Waals surface area contributed by atoms with E-state index in [2.05, 4.69) is 78.4 Å². The lowest BCUT2D eigenvalue weighted by molar-refractivity contribution is -0.146. The molecule has 1 saturated heterocycles. The number of carbonyl (C=O) groups is 12. The van der Waals surface area contributed by atoms with E-state index in [1.165, 1.54) is 36.4 Å². The number of carboxylic acid groups (broad SMARTS) is 1. The van der Waals surface area contributed by atoms with Crippen molar-refractivity contribution in [1.82, 2.24) is 83.3 Å². The third kappa shape index (κ3) is 25.2. The smallest absolute Gasteiger partial charge is 0.305 e. The molecule has 1 aliphatic heterocycles. The number of unbranched alkanes of at least 4 members (excludes halogenated alkanes) is 1. The topological polar surface area (TPSA) is 521 Å². The molecule has 111 heavy (non-hydrogen) atoms. The summed E-state index contributed by atoms with van der Waals surface area (Å²) in [4.78, 5) is 175. The summed E-state index contributed by atoms with van der Waals surface area (Å²) in [5.74, 6) is -13.1. The number of aliphatic hydroxyl groups is 2. The highest BCUT2D eigenvalue weighted by Crippen LogP contribution is 2.33. The minimum absolute atomic E-state index is 0.0350. The second kappa shape index (κ2) is 40.7. The summed E-state index contributed by atoms with van der Waals surface area (Å²) in [7, 11) is 0. The van der Waals surface area contributed by atoms with Crippen LogP contribution in [-0.2, 0) is 96.1 Å². The molecule has 3 heterocycles. The number of imidazole rings is 1. The van der Waals surface area contributed by atoms with E-state index in [0.29, 0.717) is 50.1 Å². The molecule has 4 aromatic carbocycles. The van der Waals surface area contributed by atoms with E-state index in [4.69, 9.17) is 16.2 Å². The van der Waals surface area contributed by atoms with Crippen LogP contribution in [-0.4, -0.2) is 215 Å². The van der Waals surface area contributed by atoms with Gasteiger partial charge in [0, 0.05) is 50.7 Å². The van der Waals surface area contributed by atoms with Crippen LogP contribution in [0.1, 0.15) is 125 Å². The quantitative estimate of drug-likeness (QED) is 0.0172. The van der Waals surface area contributed by atoms with Gasteiger partial charge in [0.2, 0.25) is 65.0 Å². The van der Waals surface area contributed by atoms with Gasteiger partial charge in [-0.1, -0.05) is 90.0 Å². The van der Waals surface area contributed by atoms with Crippen molar-refractivity contribution in [1.29, 1.82) is 0 Å². The molecule has 11 amide bonds. The lowest BCUT2D eigenvalue weighted by atomic mass is 9.87. The molecule has 6 aromatic rings. The zero-order chi connectivity index (χ0) is 81.3. The minimum Gasteiger partial charge on any atom is -0.494 e. The van der Waals surface area contributed by atoms with Crippen molar-refractivity contribution >= 4 is 70.9 Å². The van der Waals surface area contributed by atoms with Gasteiger partial charge < -0.3 is 89.3 Å². The number of nitrogens with one attached hydrogen (secondary N) is 11. The maximum Gasteiger partial charge on any atom is 0.305 e. The number of tetrazole rings is 1. The zero-order valence-corrected chi connectivity index (χ0v) is 63.4. The number of amides is 11. The van der Waals surface area contributed by atoms with Gasteiger partial charge in [0.15, 0.2) is 5.82 Å². The number of carbonyl (C=O) groups excluding carboxylic acids is 11. The number of hydrogen-bond donors (Lipinski definition) is 16. The number of aromatic nitrogens is 6. The second-order valence-electron chi connectivity index (χ2n) is 28.3. The average molecular weight is 1540 g/mol. The molecule has 0 radical (unpaired) electrons. The Bertz CT molecular complexity index is 4220. The summed E-state index contributed by atoms with van der Waals surface area (Å²) in [6.07, 6.45) is 1.03. The van der Waals surface area contributed by atoms with Crippen LogP contribution in [0.15, 0.2) is 97.5 Å². The number of primary amides is 1. The van der Waals surface area contributed by atoms with Crippen LogP contribution < -0.4 is 64.1 Å². The molecule has 18 N–H and O–H groups in total. The van der Waals surface area contributed by atoms with Crippen LogP contribution >= 0.6 is 0 Å². The van der Waals surface area contributed by atoms with Crippen LogP contribution in [0.25, 0.3) is 11.1 Å². The van der Waals surface area contributed by atoms with Gasteiger partial charge in [-0.3, -0.25) is 57.5 Å². The molecule has 0 spiro atoms. The molecular formula is C76H101FN18O16. The van der Waals surface area contributed by atoms with Gasteiger partial charge >= 0.3 is 5.97 Å². The molecule has 598 valence electrons. The minimum atomic E-state index is -2.35. The first-order chi connectivity index (χ1) is 52.7. The zero-order valence-electron chi connectivity index (χ0n) is 63.4. The number of ether oxygens (including phenoxy) is 1. The molecule has 1 fully saturated rings. The molecule has 0 saturated carbocycles. The van der Waals surface area contributed by atoms with E-state index >= 15 is 4.39 Å². The predicted molar refractivity (Wildman–Crippen MR) is 401 cm³/mol. The number of aromatic amines is 2. The number of aliphatic carboxylic acids is 1. The highest BCUT2D eigenvalue weighted by molar-refractivity contribution is 6.07. The maximum absolute atomic E-state index is 15.5. The first-order valence-corrected chi connectivity index (χ1v) is 36.7. The lowest BCUT2D eigenvalue weighted by Gasteiger charge is -2.34. The summed E-state index contributed by atoms with van der Waals surface area (Å²) in [5.41, 5.74) is 14.4. The van der Waals surface area contributed by atoms with Gasteiger partial charge in [-0.2, -0.15) is 5.21 Å². The molecule has 2 aromatic heterocycles. The van der Waals surface area contributed by atoms with Crippen molar-refractivity contribution in [2.24, 2.45) is 16.9 Å². The first-order valence-electron chi connectivity index (χ1n) is 36.7. The Morgan fingerprint density at radius 3 is 2.03 bits per heavy atom. The number of carboxylic acids is 1. The standard InChI is InChI=1S/C76H101FN18O16/c1-9-49-35-53(111-30-13-12-27-78)23-24-54(49)50-21-19-47(20-22-50)34-57(68(104)84-56(65(79)101)18-14-15-48-32-42(2)31-43(3)33-48)86-69(105)59(37-62(99)100)85-66(102)44(4)83-70(106)63(45(5)96)89-73(109)76(8,38-51-16-10-11-17-55(51)77)90-71(107)64(46(6)97)88-61(98)40-81-67(103)58(36-60-91-93-94-92-60)87-72(108)75(7)26-29-95(74(75)110)28-25-52-39-80-41-82-52/h10-11,16-17,19-24,31-33,35,39,41,44-46,56-59,63-64,96-97H,9,12-15,18,25-30,34,36-38,40,78H2,1-8H3,(H2,79,101)(H,80,82)(H,81,103)(H,83,106)(H,84,104)(H,85,102)(H,86,105)(H,87,108)(H,88,98)(H,89,109)(H,90,107)(H,99,100)(H,91,92,93,94)/t44-,45+,46+,56-,57-,58-,59-,63-,64-,75-,76-/m0/s1. The van der Waals surface area contributed by atoms with Crippen molar-refractivity contribution in [2.45, 2.75) is 192 Å². The van der Waals surface area contributed by atoms with Crippen molar-refractivity contribution < 1.29 is 82.0 Å². The molecule has 1 aliphatic rings. The van der Waals surface area contributed by atoms with Crippen molar-refractivity contribution in [3.05, 3.63) is 148 Å². The van der Waals surface area contributed by atoms with E-state index in [1.807, 2.05) is 69.3 Å². The normalized spacial score (nSPS) is 16.3. The van der Waals surface area contributed by atoms with Crippen LogP contribution in [0.3, 0.4) is 0 Å².